The van der Waals surface area contributed by atoms with Gasteiger partial charge in [0.25, 0.3) is 0 Å². The Morgan fingerprint density at radius 1 is 1.33 bits per heavy atom. The summed E-state index contributed by atoms with van der Waals surface area (Å²) in [5, 5.41) is 4.15. The molecule has 0 spiro atoms. The van der Waals surface area contributed by atoms with E-state index in [0.29, 0.717) is 45.8 Å². The van der Waals surface area contributed by atoms with Crippen molar-refractivity contribution in [3.8, 4) is 0 Å². The molecule has 0 N–H and O–H groups in total. The quantitative estimate of drug-likeness (QED) is 0.608. The molecule has 0 aromatic carbocycles. The maximum Gasteiger partial charge on any atom is 0.244 e. The topological polar surface area (TPSA) is 88.0 Å². The number of carbonyl (C=O) groups is 1. The van der Waals surface area contributed by atoms with Crippen molar-refractivity contribution in [2.75, 3.05) is 58.7 Å². The highest BCUT2D eigenvalue weighted by atomic mass is 32.2. The van der Waals surface area contributed by atoms with E-state index in [4.69, 9.17) is 4.74 Å². The van der Waals surface area contributed by atoms with Gasteiger partial charge in [-0.15, -0.1) is 0 Å². The zero-order chi connectivity index (χ0) is 19.4. The van der Waals surface area contributed by atoms with Gasteiger partial charge < -0.3 is 9.64 Å². The lowest BCUT2D eigenvalue weighted by molar-refractivity contribution is -0.131. The van der Waals surface area contributed by atoms with Crippen molar-refractivity contribution in [3.05, 3.63) is 18.0 Å². The normalized spacial score (nSPS) is 21.9. The number of hydrogen-bond donors (Lipinski definition) is 0. The van der Waals surface area contributed by atoms with Crippen LogP contribution in [0.1, 0.15) is 12.0 Å². The summed E-state index contributed by atoms with van der Waals surface area (Å²) in [4.78, 5) is 16.5. The van der Waals surface area contributed by atoms with Gasteiger partial charge in [-0.1, -0.05) is 0 Å². The molecule has 2 fully saturated rings. The number of carbonyl (C=O) groups excluding carboxylic acids is 1. The Morgan fingerprint density at radius 2 is 2.07 bits per heavy atom. The summed E-state index contributed by atoms with van der Waals surface area (Å²) >= 11 is 0. The number of nitrogens with zero attached hydrogens (tertiary/aromatic N) is 5. The summed E-state index contributed by atoms with van der Waals surface area (Å²) in [7, 11) is -3.33. The van der Waals surface area contributed by atoms with Crippen molar-refractivity contribution in [2.45, 2.75) is 25.9 Å². The molecule has 9 nitrogen and oxygen atoms in total. The van der Waals surface area contributed by atoms with E-state index in [1.165, 1.54) is 6.26 Å². The summed E-state index contributed by atoms with van der Waals surface area (Å²) in [6.45, 7) is 7.31. The summed E-state index contributed by atoms with van der Waals surface area (Å²) in [5.41, 5.74) is 1.01. The molecule has 152 valence electrons. The number of hydrogen-bond acceptors (Lipinski definition) is 6. The number of aromatic nitrogens is 2. The summed E-state index contributed by atoms with van der Waals surface area (Å²) in [6.07, 6.45) is 5.47. The molecule has 0 bridgehead atoms. The number of rotatable bonds is 7. The van der Waals surface area contributed by atoms with E-state index in [1.54, 1.807) is 20.1 Å². The first kappa shape index (κ1) is 20.2. The molecule has 1 atom stereocenters. The largest absolute Gasteiger partial charge is 0.379 e. The standard InChI is InChI=1S/C17H29N5O4S/c1-15-11-18-21(12-15)14-17(23)20-4-3-16(13-20)22(27(2,24)25)6-5-19-7-9-26-10-8-19/h11-12,16H,3-10,13-14H2,1-2H3. The molecule has 0 radical (unpaired) electrons. The number of ether oxygens (including phenoxy) is 1. The van der Waals surface area contributed by atoms with Crippen LogP contribution < -0.4 is 0 Å². The molecule has 2 aliphatic rings. The predicted octanol–water partition coefficient (Wildman–Crippen LogP) is -0.614. The Kier molecular flexibility index (Phi) is 6.51. The van der Waals surface area contributed by atoms with Gasteiger partial charge in [0.1, 0.15) is 6.54 Å². The molecular weight excluding hydrogens is 370 g/mol. The first-order valence-corrected chi connectivity index (χ1v) is 11.2. The molecule has 2 aliphatic heterocycles. The molecule has 10 heteroatoms. The van der Waals surface area contributed by atoms with Crippen LogP contribution in [0.15, 0.2) is 12.4 Å². The van der Waals surface area contributed by atoms with Crippen molar-refractivity contribution in [1.82, 2.24) is 23.9 Å². The molecule has 3 heterocycles. The van der Waals surface area contributed by atoms with Gasteiger partial charge in [-0.2, -0.15) is 9.40 Å². The summed E-state index contributed by atoms with van der Waals surface area (Å²) in [5.74, 6) is -0.0257. The molecule has 1 unspecified atom stereocenters. The van der Waals surface area contributed by atoms with Gasteiger partial charge in [-0.05, 0) is 18.9 Å². The van der Waals surface area contributed by atoms with Gasteiger partial charge in [-0.3, -0.25) is 14.4 Å². The van der Waals surface area contributed by atoms with Gasteiger partial charge >= 0.3 is 0 Å². The smallest absolute Gasteiger partial charge is 0.244 e. The summed E-state index contributed by atoms with van der Waals surface area (Å²) in [6, 6.07) is -0.163. The van der Waals surface area contributed by atoms with E-state index in [9.17, 15) is 13.2 Å². The Labute approximate surface area is 160 Å². The fraction of sp³-hybridized carbons (Fsp3) is 0.765. The first-order valence-electron chi connectivity index (χ1n) is 9.36. The van der Waals surface area contributed by atoms with E-state index in [0.717, 1.165) is 18.7 Å². The molecule has 1 amide bonds. The van der Waals surface area contributed by atoms with Crippen LogP contribution >= 0.6 is 0 Å². The molecule has 0 aliphatic carbocycles. The Morgan fingerprint density at radius 3 is 2.70 bits per heavy atom. The highest BCUT2D eigenvalue weighted by Gasteiger charge is 2.34. The fourth-order valence-electron chi connectivity index (χ4n) is 3.68. The van der Waals surface area contributed by atoms with Crippen LogP contribution in [0, 0.1) is 6.92 Å². The Balaban J connectivity index is 1.56. The third-order valence-electron chi connectivity index (χ3n) is 5.15. The first-order chi connectivity index (χ1) is 12.8. The number of sulfonamides is 1. The lowest BCUT2D eigenvalue weighted by atomic mass is 10.2. The van der Waals surface area contributed by atoms with Gasteiger partial charge in [0.05, 0.1) is 25.7 Å². The Bertz CT molecular complexity index is 744. The van der Waals surface area contributed by atoms with Crippen molar-refractivity contribution < 1.29 is 17.9 Å². The third-order valence-corrected chi connectivity index (χ3v) is 6.48. The number of morpholine rings is 1. The number of likely N-dealkylation sites (tertiary alicyclic amines) is 1. The van der Waals surface area contributed by atoms with E-state index in [-0.39, 0.29) is 18.5 Å². The van der Waals surface area contributed by atoms with Crippen LogP contribution in [0.25, 0.3) is 0 Å². The predicted molar refractivity (Wildman–Crippen MR) is 101 cm³/mol. The Hall–Kier alpha value is -1.49. The third kappa shape index (κ3) is 5.50. The lowest BCUT2D eigenvalue weighted by Gasteiger charge is -2.31. The van der Waals surface area contributed by atoms with Crippen molar-refractivity contribution in [1.29, 1.82) is 0 Å². The molecule has 2 saturated heterocycles. The second-order valence-electron chi connectivity index (χ2n) is 7.33. The van der Waals surface area contributed by atoms with Crippen LogP contribution in [-0.2, 0) is 26.1 Å². The molecular formula is C17H29N5O4S. The number of amides is 1. The van der Waals surface area contributed by atoms with E-state index in [2.05, 4.69) is 10.00 Å². The second-order valence-corrected chi connectivity index (χ2v) is 9.26. The average molecular weight is 400 g/mol. The second kappa shape index (κ2) is 8.68. The molecule has 0 saturated carbocycles. The zero-order valence-corrected chi connectivity index (χ0v) is 16.9. The van der Waals surface area contributed by atoms with Crippen molar-refractivity contribution in [2.24, 2.45) is 0 Å². The molecule has 1 aromatic heterocycles. The highest BCUT2D eigenvalue weighted by Crippen LogP contribution is 2.19. The maximum absolute atomic E-state index is 12.5. The lowest BCUT2D eigenvalue weighted by Crippen LogP contribution is -2.47. The minimum absolute atomic E-state index is 0.0257. The van der Waals surface area contributed by atoms with E-state index >= 15 is 0 Å². The van der Waals surface area contributed by atoms with E-state index < -0.39 is 10.0 Å². The minimum atomic E-state index is -3.33. The van der Waals surface area contributed by atoms with Crippen LogP contribution in [-0.4, -0.2) is 103 Å². The SMILES string of the molecule is Cc1cnn(CC(=O)N2CCC(N(CCN3CCOCC3)S(C)(=O)=O)C2)c1. The molecule has 3 rings (SSSR count). The van der Waals surface area contributed by atoms with Crippen molar-refractivity contribution in [3.63, 3.8) is 0 Å². The van der Waals surface area contributed by atoms with Gasteiger partial charge in [-0.25, -0.2) is 8.42 Å². The summed E-state index contributed by atoms with van der Waals surface area (Å²) < 4.78 is 33.2. The van der Waals surface area contributed by atoms with Crippen LogP contribution in [0.3, 0.4) is 0 Å². The average Bonchev–Trinajstić information content (AvgIpc) is 3.24. The van der Waals surface area contributed by atoms with Gasteiger partial charge in [0, 0.05) is 51.5 Å². The van der Waals surface area contributed by atoms with Gasteiger partial charge in [0.15, 0.2) is 0 Å². The minimum Gasteiger partial charge on any atom is -0.379 e. The maximum atomic E-state index is 12.5. The molecule has 27 heavy (non-hydrogen) atoms. The fourth-order valence-corrected chi connectivity index (χ4v) is 4.81. The zero-order valence-electron chi connectivity index (χ0n) is 16.1. The monoisotopic (exact) mass is 399 g/mol. The number of aryl methyl sites for hydroxylation is 1. The van der Waals surface area contributed by atoms with E-state index in [1.807, 2.05) is 13.1 Å². The van der Waals surface area contributed by atoms with Crippen LogP contribution in [0.4, 0.5) is 0 Å². The van der Waals surface area contributed by atoms with Gasteiger partial charge in [0.2, 0.25) is 15.9 Å². The van der Waals surface area contributed by atoms with Crippen LogP contribution in [0.5, 0.6) is 0 Å². The molecule has 1 aromatic rings. The van der Waals surface area contributed by atoms with Crippen molar-refractivity contribution >= 4 is 15.9 Å². The van der Waals surface area contributed by atoms with Crippen LogP contribution in [0.2, 0.25) is 0 Å². The highest BCUT2D eigenvalue weighted by molar-refractivity contribution is 7.88.